The Morgan fingerprint density at radius 1 is 1.08 bits per heavy atom. The number of nitrogens with one attached hydrogen (secondary N) is 1. The van der Waals surface area contributed by atoms with E-state index in [-0.39, 0.29) is 18.5 Å². The number of halogens is 3. The molecule has 0 saturated heterocycles. The van der Waals surface area contributed by atoms with Crippen LogP contribution in [0.15, 0.2) is 42.9 Å². The normalized spacial score (nSPS) is 18.0. The molecule has 36 heavy (non-hydrogen) atoms. The van der Waals surface area contributed by atoms with Crippen LogP contribution < -0.4 is 5.32 Å². The number of aryl methyl sites for hydroxylation is 1. The lowest BCUT2D eigenvalue weighted by molar-refractivity contribution is 0.0935. The second kappa shape index (κ2) is 9.67. The molecule has 0 atom stereocenters. The van der Waals surface area contributed by atoms with Crippen LogP contribution in [0.4, 0.5) is 13.2 Å². The molecule has 0 spiro atoms. The Bertz CT molecular complexity index is 1420. The van der Waals surface area contributed by atoms with Crippen LogP contribution in [0.25, 0.3) is 22.0 Å². The third-order valence-corrected chi connectivity index (χ3v) is 6.94. The van der Waals surface area contributed by atoms with Crippen molar-refractivity contribution in [2.75, 3.05) is 6.54 Å². The molecule has 1 aliphatic rings. The van der Waals surface area contributed by atoms with Gasteiger partial charge in [-0.2, -0.15) is 14.6 Å². The van der Waals surface area contributed by atoms with Crippen LogP contribution in [0.2, 0.25) is 0 Å². The number of benzene rings is 2. The number of aromatic hydroxyl groups is 1. The number of hydrogen-bond donors (Lipinski definition) is 2. The minimum atomic E-state index is -1.77. The third-order valence-electron chi connectivity index (χ3n) is 6.94. The first-order valence-electron chi connectivity index (χ1n) is 12.0. The van der Waals surface area contributed by atoms with Gasteiger partial charge >= 0.3 is 0 Å². The Balaban J connectivity index is 1.19. The van der Waals surface area contributed by atoms with Crippen molar-refractivity contribution in [3.05, 3.63) is 65.9 Å². The molecule has 1 aliphatic carbocycles. The number of phenolic OH excluding ortho intramolecular Hbond substituents is 1. The number of carbonyl (C=O) groups is 1. The van der Waals surface area contributed by atoms with Gasteiger partial charge in [-0.1, -0.05) is 12.1 Å². The van der Waals surface area contributed by atoms with Gasteiger partial charge in [-0.3, -0.25) is 14.2 Å². The van der Waals surface area contributed by atoms with E-state index in [0.29, 0.717) is 6.07 Å². The number of hydrogen-bond acceptors (Lipinski definition) is 4. The van der Waals surface area contributed by atoms with Crippen LogP contribution in [-0.2, 0) is 6.54 Å². The predicted molar refractivity (Wildman–Crippen MR) is 128 cm³/mol. The van der Waals surface area contributed by atoms with E-state index >= 15 is 0 Å². The van der Waals surface area contributed by atoms with Gasteiger partial charge in [-0.25, -0.2) is 8.78 Å². The van der Waals surface area contributed by atoms with Crippen molar-refractivity contribution >= 4 is 16.8 Å². The molecule has 188 valence electrons. The van der Waals surface area contributed by atoms with E-state index in [0.717, 1.165) is 54.3 Å². The van der Waals surface area contributed by atoms with E-state index in [1.165, 1.54) is 0 Å². The molecule has 2 heterocycles. The molecule has 0 unspecified atom stereocenters. The standard InChI is InChI=1S/C26H26F3N5O2/c1-2-33-13-18(12-31-33)16-5-6-17-14-34(32-22(17)9-16)19-7-3-15(4-8-19)11-30-26(36)20-10-21(27)25(35)24(29)23(20)28/h5-6,9-10,12-15,19,35H,2-4,7-8,11H2,1H3,(H,30,36)/t15-,19-. The summed E-state index contributed by atoms with van der Waals surface area (Å²) in [5.74, 6) is -6.90. The van der Waals surface area contributed by atoms with Crippen molar-refractivity contribution in [3.8, 4) is 16.9 Å². The fraction of sp³-hybridized carbons (Fsp3) is 0.346. The Kier molecular flexibility index (Phi) is 6.42. The van der Waals surface area contributed by atoms with Crippen LogP contribution >= 0.6 is 0 Å². The van der Waals surface area contributed by atoms with Crippen LogP contribution in [0.5, 0.6) is 5.75 Å². The molecule has 2 aromatic carbocycles. The number of fused-ring (bicyclic) bond motifs is 1. The maximum Gasteiger partial charge on any atom is 0.254 e. The number of carbonyl (C=O) groups excluding carboxylic acids is 1. The Morgan fingerprint density at radius 3 is 2.58 bits per heavy atom. The van der Waals surface area contributed by atoms with Gasteiger partial charge in [-0.15, -0.1) is 0 Å². The van der Waals surface area contributed by atoms with Crippen LogP contribution in [0, 0.1) is 23.4 Å². The largest absolute Gasteiger partial charge is 0.503 e. The van der Waals surface area contributed by atoms with E-state index in [4.69, 9.17) is 10.2 Å². The molecular weight excluding hydrogens is 471 g/mol. The number of phenols is 1. The first-order chi connectivity index (χ1) is 17.3. The average Bonchev–Trinajstić information content (AvgIpc) is 3.55. The topological polar surface area (TPSA) is 85.0 Å². The zero-order valence-electron chi connectivity index (χ0n) is 19.7. The van der Waals surface area contributed by atoms with Crippen molar-refractivity contribution in [2.45, 2.75) is 45.2 Å². The highest BCUT2D eigenvalue weighted by Crippen LogP contribution is 2.33. The van der Waals surface area contributed by atoms with Crippen LogP contribution in [-0.4, -0.2) is 37.1 Å². The SMILES string of the molecule is CCn1cc(-c2ccc3cn([C@H]4CC[C@H](CNC(=O)c5cc(F)c(O)c(F)c5F)CC4)nc3c2)cn1. The lowest BCUT2D eigenvalue weighted by Gasteiger charge is -2.28. The zero-order chi connectivity index (χ0) is 25.4. The maximum atomic E-state index is 13.9. The minimum absolute atomic E-state index is 0.159. The molecule has 1 fully saturated rings. The zero-order valence-corrected chi connectivity index (χ0v) is 19.7. The minimum Gasteiger partial charge on any atom is -0.503 e. The summed E-state index contributed by atoms with van der Waals surface area (Å²) in [5, 5.41) is 21.9. The van der Waals surface area contributed by atoms with Gasteiger partial charge < -0.3 is 10.4 Å². The Morgan fingerprint density at radius 2 is 1.86 bits per heavy atom. The van der Waals surface area contributed by atoms with Crippen LogP contribution in [0.1, 0.15) is 49.0 Å². The molecule has 0 radical (unpaired) electrons. The summed E-state index contributed by atoms with van der Waals surface area (Å²) in [7, 11) is 0. The number of amides is 1. The summed E-state index contributed by atoms with van der Waals surface area (Å²) >= 11 is 0. The second-order valence-corrected chi connectivity index (χ2v) is 9.23. The molecule has 7 nitrogen and oxygen atoms in total. The molecule has 10 heteroatoms. The molecule has 0 bridgehead atoms. The van der Waals surface area contributed by atoms with Gasteiger partial charge in [0.05, 0.1) is 23.3 Å². The van der Waals surface area contributed by atoms with Gasteiger partial charge in [0, 0.05) is 36.4 Å². The Labute approximate surface area is 205 Å². The lowest BCUT2D eigenvalue weighted by atomic mass is 9.86. The number of aromatic nitrogens is 4. The van der Waals surface area contributed by atoms with Crippen molar-refractivity contribution in [2.24, 2.45) is 5.92 Å². The summed E-state index contributed by atoms with van der Waals surface area (Å²) in [6.07, 6.45) is 9.29. The molecule has 4 aromatic rings. The van der Waals surface area contributed by atoms with E-state index in [1.54, 1.807) is 0 Å². The van der Waals surface area contributed by atoms with Crippen molar-refractivity contribution in [1.29, 1.82) is 0 Å². The highest BCUT2D eigenvalue weighted by molar-refractivity contribution is 5.94. The fourth-order valence-corrected chi connectivity index (χ4v) is 4.78. The molecule has 0 aliphatic heterocycles. The van der Waals surface area contributed by atoms with Gasteiger partial charge in [-0.05, 0) is 56.2 Å². The molecular formula is C26H26F3N5O2. The maximum absolute atomic E-state index is 13.9. The van der Waals surface area contributed by atoms with E-state index in [9.17, 15) is 18.0 Å². The molecule has 2 aromatic heterocycles. The summed E-state index contributed by atoms with van der Waals surface area (Å²) in [5.41, 5.74) is 2.27. The first kappa shape index (κ1) is 23.9. The Hall–Kier alpha value is -3.82. The summed E-state index contributed by atoms with van der Waals surface area (Å²) in [4.78, 5) is 12.3. The summed E-state index contributed by atoms with van der Waals surface area (Å²) in [6, 6.07) is 6.93. The molecule has 1 amide bonds. The number of rotatable bonds is 6. The van der Waals surface area contributed by atoms with Gasteiger partial charge in [0.2, 0.25) is 5.82 Å². The monoisotopic (exact) mass is 497 g/mol. The van der Waals surface area contributed by atoms with E-state index in [2.05, 4.69) is 34.8 Å². The second-order valence-electron chi connectivity index (χ2n) is 9.23. The molecule has 2 N–H and O–H groups in total. The summed E-state index contributed by atoms with van der Waals surface area (Å²) in [6.45, 7) is 3.13. The lowest BCUT2D eigenvalue weighted by Crippen LogP contribution is -2.32. The van der Waals surface area contributed by atoms with E-state index < -0.39 is 34.7 Å². The molecule has 1 saturated carbocycles. The third kappa shape index (κ3) is 4.55. The van der Waals surface area contributed by atoms with Gasteiger partial charge in [0.15, 0.2) is 17.4 Å². The smallest absolute Gasteiger partial charge is 0.254 e. The van der Waals surface area contributed by atoms with Gasteiger partial charge in [0.1, 0.15) is 0 Å². The fourth-order valence-electron chi connectivity index (χ4n) is 4.78. The van der Waals surface area contributed by atoms with Gasteiger partial charge in [0.25, 0.3) is 5.91 Å². The predicted octanol–water partition coefficient (Wildman–Crippen LogP) is 5.20. The van der Waals surface area contributed by atoms with Crippen molar-refractivity contribution in [1.82, 2.24) is 24.9 Å². The molecule has 5 rings (SSSR count). The average molecular weight is 498 g/mol. The van der Waals surface area contributed by atoms with Crippen molar-refractivity contribution in [3.63, 3.8) is 0 Å². The quantitative estimate of drug-likeness (QED) is 0.359. The van der Waals surface area contributed by atoms with Crippen LogP contribution in [0.3, 0.4) is 0 Å². The first-order valence-corrected chi connectivity index (χ1v) is 12.0. The number of nitrogens with zero attached hydrogens (tertiary/aromatic N) is 4. The van der Waals surface area contributed by atoms with E-state index in [1.807, 2.05) is 28.7 Å². The van der Waals surface area contributed by atoms with Crippen molar-refractivity contribution < 1.29 is 23.1 Å². The summed E-state index contributed by atoms with van der Waals surface area (Å²) < 4.78 is 44.9. The highest BCUT2D eigenvalue weighted by atomic mass is 19.2. The highest BCUT2D eigenvalue weighted by Gasteiger charge is 2.26.